The Morgan fingerprint density at radius 3 is 2.32 bits per heavy atom. The van der Waals surface area contributed by atoms with Crippen LogP contribution in [0, 0.1) is 0 Å². The predicted molar refractivity (Wildman–Crippen MR) is 112 cm³/mol. The van der Waals surface area contributed by atoms with Gasteiger partial charge in [-0.15, -0.1) is 0 Å². The summed E-state index contributed by atoms with van der Waals surface area (Å²) in [5, 5.41) is 2.92. The van der Waals surface area contributed by atoms with Crippen LogP contribution < -0.4 is 14.4 Å². The summed E-state index contributed by atoms with van der Waals surface area (Å²) < 4.78 is 30.1. The zero-order valence-corrected chi connectivity index (χ0v) is 17.4. The molecule has 1 amide bonds. The van der Waals surface area contributed by atoms with Crippen molar-refractivity contribution in [3.8, 4) is 5.75 Å². The number of rotatable bonds is 10. The Morgan fingerprint density at radius 2 is 1.75 bits per heavy atom. The van der Waals surface area contributed by atoms with E-state index in [0.29, 0.717) is 24.4 Å². The Bertz CT molecular complexity index is 852. The number of aryl methyl sites for hydroxylation is 1. The summed E-state index contributed by atoms with van der Waals surface area (Å²) in [7, 11) is -1.83. The lowest BCUT2D eigenvalue weighted by atomic mass is 10.1. The lowest BCUT2D eigenvalue weighted by Gasteiger charge is -2.19. The van der Waals surface area contributed by atoms with Crippen molar-refractivity contribution < 1.29 is 17.9 Å². The first-order valence-corrected chi connectivity index (χ1v) is 11.2. The molecule has 1 N–H and O–H groups in total. The molecule has 0 aromatic heterocycles. The fourth-order valence-corrected chi connectivity index (χ4v) is 3.18. The van der Waals surface area contributed by atoms with E-state index in [2.05, 4.69) is 17.4 Å². The fourth-order valence-electron chi connectivity index (χ4n) is 2.68. The van der Waals surface area contributed by atoms with Crippen molar-refractivity contribution in [1.29, 1.82) is 0 Å². The van der Waals surface area contributed by atoms with E-state index in [4.69, 9.17) is 4.74 Å². The molecule has 1 atom stereocenters. The van der Waals surface area contributed by atoms with Gasteiger partial charge in [0.1, 0.15) is 5.75 Å². The standard InChI is InChI=1S/C21H28N2O4S/c1-4-20(21(24)22-16-8-11-17-9-6-5-7-10-17)27-19-14-12-18(13-15-19)23(2)28(3,25)26/h5-7,9-10,12-15,20H,4,8,11,16H2,1-3H3,(H,22,24). The molecular weight excluding hydrogens is 376 g/mol. The summed E-state index contributed by atoms with van der Waals surface area (Å²) in [6, 6.07) is 16.8. The first-order valence-electron chi connectivity index (χ1n) is 9.33. The average molecular weight is 405 g/mol. The largest absolute Gasteiger partial charge is 0.481 e. The molecule has 2 aromatic carbocycles. The highest BCUT2D eigenvalue weighted by molar-refractivity contribution is 7.92. The Labute approximate surface area is 167 Å². The summed E-state index contributed by atoms with van der Waals surface area (Å²) in [4.78, 5) is 12.4. The third-order valence-electron chi connectivity index (χ3n) is 4.42. The van der Waals surface area contributed by atoms with E-state index in [0.717, 1.165) is 19.1 Å². The SMILES string of the molecule is CCC(Oc1ccc(N(C)S(C)(=O)=O)cc1)C(=O)NCCCc1ccccc1. The third-order valence-corrected chi connectivity index (χ3v) is 5.63. The van der Waals surface area contributed by atoms with E-state index in [9.17, 15) is 13.2 Å². The first kappa shape index (κ1) is 21.8. The molecule has 2 rings (SSSR count). The number of ether oxygens (including phenoxy) is 1. The van der Waals surface area contributed by atoms with Crippen LogP contribution in [0.4, 0.5) is 5.69 Å². The average Bonchev–Trinajstić information content (AvgIpc) is 2.69. The van der Waals surface area contributed by atoms with Crippen molar-refractivity contribution >= 4 is 21.6 Å². The molecule has 0 fully saturated rings. The Balaban J connectivity index is 1.84. The number of nitrogens with one attached hydrogen (secondary N) is 1. The number of benzene rings is 2. The van der Waals surface area contributed by atoms with Crippen LogP contribution in [0.25, 0.3) is 0 Å². The molecular formula is C21H28N2O4S. The van der Waals surface area contributed by atoms with Crippen LogP contribution >= 0.6 is 0 Å². The minimum Gasteiger partial charge on any atom is -0.481 e. The molecule has 0 bridgehead atoms. The van der Waals surface area contributed by atoms with Gasteiger partial charge in [-0.2, -0.15) is 0 Å². The van der Waals surface area contributed by atoms with Crippen molar-refractivity contribution in [3.05, 3.63) is 60.2 Å². The number of sulfonamides is 1. The second-order valence-electron chi connectivity index (χ2n) is 6.62. The van der Waals surface area contributed by atoms with Gasteiger partial charge in [0.25, 0.3) is 5.91 Å². The van der Waals surface area contributed by atoms with Crippen molar-refractivity contribution in [2.75, 3.05) is 24.2 Å². The van der Waals surface area contributed by atoms with Gasteiger partial charge in [-0.3, -0.25) is 9.10 Å². The summed E-state index contributed by atoms with van der Waals surface area (Å²) in [5.74, 6) is 0.379. The number of hydrogen-bond donors (Lipinski definition) is 1. The lowest BCUT2D eigenvalue weighted by molar-refractivity contribution is -0.128. The van der Waals surface area contributed by atoms with Gasteiger partial charge in [0.15, 0.2) is 6.10 Å². The molecule has 1 unspecified atom stereocenters. The Hall–Kier alpha value is -2.54. The molecule has 28 heavy (non-hydrogen) atoms. The van der Waals surface area contributed by atoms with E-state index in [1.54, 1.807) is 24.3 Å². The number of anilines is 1. The minimum absolute atomic E-state index is 0.145. The second-order valence-corrected chi connectivity index (χ2v) is 8.63. The molecule has 0 aliphatic rings. The number of carbonyl (C=O) groups is 1. The zero-order chi connectivity index (χ0) is 20.6. The van der Waals surface area contributed by atoms with E-state index < -0.39 is 16.1 Å². The van der Waals surface area contributed by atoms with E-state index in [1.165, 1.54) is 16.9 Å². The summed E-state index contributed by atoms with van der Waals surface area (Å²) in [6.45, 7) is 2.48. The number of hydrogen-bond acceptors (Lipinski definition) is 4. The van der Waals surface area contributed by atoms with Crippen molar-refractivity contribution in [1.82, 2.24) is 5.32 Å². The highest BCUT2D eigenvalue weighted by Crippen LogP contribution is 2.21. The van der Waals surface area contributed by atoms with Crippen LogP contribution in [-0.4, -0.2) is 40.3 Å². The van der Waals surface area contributed by atoms with Crippen molar-refractivity contribution in [3.63, 3.8) is 0 Å². The van der Waals surface area contributed by atoms with Crippen LogP contribution in [-0.2, 0) is 21.2 Å². The van der Waals surface area contributed by atoms with Crippen LogP contribution in [0.2, 0.25) is 0 Å². The quantitative estimate of drug-likeness (QED) is 0.618. The summed E-state index contributed by atoms with van der Waals surface area (Å²) in [5.41, 5.74) is 1.78. The molecule has 0 aliphatic carbocycles. The molecule has 7 heteroatoms. The van der Waals surface area contributed by atoms with E-state index >= 15 is 0 Å². The van der Waals surface area contributed by atoms with E-state index in [1.807, 2.05) is 25.1 Å². The highest BCUT2D eigenvalue weighted by atomic mass is 32.2. The Morgan fingerprint density at radius 1 is 1.11 bits per heavy atom. The van der Waals surface area contributed by atoms with Gasteiger partial charge < -0.3 is 10.1 Å². The second kappa shape index (κ2) is 10.1. The van der Waals surface area contributed by atoms with Crippen LogP contribution in [0.15, 0.2) is 54.6 Å². The monoisotopic (exact) mass is 404 g/mol. The molecule has 0 heterocycles. The van der Waals surface area contributed by atoms with Gasteiger partial charge in [-0.25, -0.2) is 8.42 Å². The van der Waals surface area contributed by atoms with Gasteiger partial charge in [0, 0.05) is 13.6 Å². The topological polar surface area (TPSA) is 75.7 Å². The number of carbonyl (C=O) groups excluding carboxylic acids is 1. The minimum atomic E-state index is -3.31. The number of amides is 1. The maximum absolute atomic E-state index is 12.4. The van der Waals surface area contributed by atoms with E-state index in [-0.39, 0.29) is 5.91 Å². The van der Waals surface area contributed by atoms with Gasteiger partial charge in [-0.1, -0.05) is 37.3 Å². The van der Waals surface area contributed by atoms with Gasteiger partial charge in [-0.05, 0) is 49.1 Å². The molecule has 0 radical (unpaired) electrons. The highest BCUT2D eigenvalue weighted by Gasteiger charge is 2.18. The predicted octanol–water partition coefficient (Wildman–Crippen LogP) is 2.99. The van der Waals surface area contributed by atoms with Crippen LogP contribution in [0.1, 0.15) is 25.3 Å². The molecule has 6 nitrogen and oxygen atoms in total. The molecule has 152 valence electrons. The molecule has 0 aliphatic heterocycles. The van der Waals surface area contributed by atoms with Gasteiger partial charge in [0.2, 0.25) is 10.0 Å². The summed E-state index contributed by atoms with van der Waals surface area (Å²) in [6.07, 6.45) is 2.87. The molecule has 0 spiro atoms. The van der Waals surface area contributed by atoms with Crippen molar-refractivity contribution in [2.24, 2.45) is 0 Å². The molecule has 2 aromatic rings. The molecule has 0 saturated heterocycles. The molecule has 0 saturated carbocycles. The Kier molecular flexibility index (Phi) is 7.87. The van der Waals surface area contributed by atoms with Gasteiger partial charge >= 0.3 is 0 Å². The van der Waals surface area contributed by atoms with Gasteiger partial charge in [0.05, 0.1) is 11.9 Å². The maximum atomic E-state index is 12.4. The normalized spacial score (nSPS) is 12.2. The number of nitrogens with zero attached hydrogens (tertiary/aromatic N) is 1. The smallest absolute Gasteiger partial charge is 0.261 e. The first-order chi connectivity index (χ1) is 13.3. The third kappa shape index (κ3) is 6.56. The summed E-state index contributed by atoms with van der Waals surface area (Å²) >= 11 is 0. The van der Waals surface area contributed by atoms with Crippen molar-refractivity contribution in [2.45, 2.75) is 32.3 Å². The maximum Gasteiger partial charge on any atom is 0.261 e. The fraction of sp³-hybridized carbons (Fsp3) is 0.381. The lowest BCUT2D eigenvalue weighted by Crippen LogP contribution is -2.38. The van der Waals surface area contributed by atoms with Crippen LogP contribution in [0.3, 0.4) is 0 Å². The zero-order valence-electron chi connectivity index (χ0n) is 16.6. The van der Waals surface area contributed by atoms with Crippen LogP contribution in [0.5, 0.6) is 5.75 Å².